The third-order valence-electron chi connectivity index (χ3n) is 2.99. The lowest BCUT2D eigenvalue weighted by Crippen LogP contribution is -2.41. The van der Waals surface area contributed by atoms with Crippen LogP contribution in [0.2, 0.25) is 0 Å². The largest absolute Gasteiger partial charge is 0.480 e. The minimum atomic E-state index is -3.81. The molecule has 1 rings (SSSR count). The number of carboxylic acid groups (broad SMARTS) is 1. The molecule has 0 aliphatic heterocycles. The molecule has 1 atom stereocenters. The fraction of sp³-hybridized carbons (Fsp3) is 0.462. The molecule has 0 aromatic heterocycles. The average molecular weight is 317 g/mol. The maximum absolute atomic E-state index is 12.2. The highest BCUT2D eigenvalue weighted by molar-refractivity contribution is 7.98. The quantitative estimate of drug-likeness (QED) is 0.801. The summed E-state index contributed by atoms with van der Waals surface area (Å²) in [7, 11) is -3.81. The summed E-state index contributed by atoms with van der Waals surface area (Å²) >= 11 is 1.48. The highest BCUT2D eigenvalue weighted by atomic mass is 32.2. The molecule has 0 fully saturated rings. The number of carboxylic acids is 1. The molecule has 112 valence electrons. The van der Waals surface area contributed by atoms with Crippen LogP contribution in [-0.2, 0) is 14.8 Å². The number of aryl methyl sites for hydroxylation is 2. The second-order valence-corrected chi connectivity index (χ2v) is 7.24. The number of carbonyl (C=O) groups is 1. The molecule has 1 aromatic carbocycles. The maximum atomic E-state index is 12.2. The van der Waals surface area contributed by atoms with Crippen LogP contribution in [0.15, 0.2) is 23.1 Å². The van der Waals surface area contributed by atoms with Gasteiger partial charge in [-0.25, -0.2) is 8.42 Å². The number of benzene rings is 1. The van der Waals surface area contributed by atoms with Crippen LogP contribution < -0.4 is 4.72 Å². The lowest BCUT2D eigenvalue weighted by molar-refractivity contribution is -0.139. The fourth-order valence-electron chi connectivity index (χ4n) is 1.60. The van der Waals surface area contributed by atoms with Crippen molar-refractivity contribution in [3.8, 4) is 0 Å². The first-order valence-corrected chi connectivity index (χ1v) is 8.97. The van der Waals surface area contributed by atoms with Gasteiger partial charge in [-0.3, -0.25) is 4.79 Å². The van der Waals surface area contributed by atoms with E-state index in [9.17, 15) is 13.2 Å². The zero-order chi connectivity index (χ0) is 15.3. The van der Waals surface area contributed by atoms with Crippen molar-refractivity contribution < 1.29 is 18.3 Å². The molecular weight excluding hydrogens is 298 g/mol. The Morgan fingerprint density at radius 1 is 1.35 bits per heavy atom. The molecule has 7 heteroatoms. The molecule has 2 N–H and O–H groups in total. The van der Waals surface area contributed by atoms with E-state index in [1.807, 2.05) is 20.1 Å². The number of aliphatic carboxylic acids is 1. The summed E-state index contributed by atoms with van der Waals surface area (Å²) < 4.78 is 26.6. The van der Waals surface area contributed by atoms with Crippen LogP contribution >= 0.6 is 11.8 Å². The number of nitrogens with one attached hydrogen (secondary N) is 1. The molecule has 0 amide bonds. The first-order chi connectivity index (χ1) is 9.27. The lowest BCUT2D eigenvalue weighted by atomic mass is 10.1. The van der Waals surface area contributed by atoms with Gasteiger partial charge in [0.05, 0.1) is 4.90 Å². The number of hydrogen-bond acceptors (Lipinski definition) is 4. The van der Waals surface area contributed by atoms with Crippen molar-refractivity contribution in [1.29, 1.82) is 0 Å². The van der Waals surface area contributed by atoms with Crippen molar-refractivity contribution >= 4 is 27.8 Å². The summed E-state index contributed by atoms with van der Waals surface area (Å²) in [5.41, 5.74) is 1.84. The first-order valence-electron chi connectivity index (χ1n) is 6.09. The van der Waals surface area contributed by atoms with E-state index >= 15 is 0 Å². The number of rotatable bonds is 7. The molecule has 0 aliphatic carbocycles. The lowest BCUT2D eigenvalue weighted by Gasteiger charge is -2.15. The van der Waals surface area contributed by atoms with Crippen LogP contribution in [0.3, 0.4) is 0 Å². The Morgan fingerprint density at radius 2 is 2.00 bits per heavy atom. The zero-order valence-corrected chi connectivity index (χ0v) is 13.3. The zero-order valence-electron chi connectivity index (χ0n) is 11.7. The van der Waals surface area contributed by atoms with Crippen LogP contribution in [0.1, 0.15) is 17.5 Å². The molecule has 20 heavy (non-hydrogen) atoms. The summed E-state index contributed by atoms with van der Waals surface area (Å²) in [5, 5.41) is 9.07. The second kappa shape index (κ2) is 7.10. The summed E-state index contributed by atoms with van der Waals surface area (Å²) in [6.07, 6.45) is 2.09. The highest BCUT2D eigenvalue weighted by Gasteiger charge is 2.25. The summed E-state index contributed by atoms with van der Waals surface area (Å²) in [4.78, 5) is 11.2. The van der Waals surface area contributed by atoms with Gasteiger partial charge < -0.3 is 5.11 Å². The monoisotopic (exact) mass is 317 g/mol. The van der Waals surface area contributed by atoms with Gasteiger partial charge >= 0.3 is 5.97 Å². The van der Waals surface area contributed by atoms with Crippen molar-refractivity contribution in [2.24, 2.45) is 0 Å². The Balaban J connectivity index is 2.97. The Labute approximate surface area is 123 Å². The molecular formula is C13H19NO4S2. The number of hydrogen-bond donors (Lipinski definition) is 2. The van der Waals surface area contributed by atoms with Crippen LogP contribution in [0.5, 0.6) is 0 Å². The highest BCUT2D eigenvalue weighted by Crippen LogP contribution is 2.15. The molecule has 0 bridgehead atoms. The Bertz CT molecular complexity index is 584. The van der Waals surface area contributed by atoms with Gasteiger partial charge in [-0.05, 0) is 55.5 Å². The van der Waals surface area contributed by atoms with E-state index in [2.05, 4.69) is 4.72 Å². The third-order valence-corrected chi connectivity index (χ3v) is 5.11. The van der Waals surface area contributed by atoms with Crippen LogP contribution in [0, 0.1) is 13.8 Å². The van der Waals surface area contributed by atoms with Crippen molar-refractivity contribution in [3.05, 3.63) is 29.3 Å². The van der Waals surface area contributed by atoms with Gasteiger partial charge in [0.1, 0.15) is 6.04 Å². The second-order valence-electron chi connectivity index (χ2n) is 4.54. The number of thioether (sulfide) groups is 1. The predicted octanol–water partition coefficient (Wildman–Crippen LogP) is 1.79. The van der Waals surface area contributed by atoms with E-state index in [1.54, 1.807) is 12.1 Å². The minimum absolute atomic E-state index is 0.0935. The Kier molecular flexibility index (Phi) is 6.04. The molecule has 0 saturated heterocycles. The molecule has 5 nitrogen and oxygen atoms in total. The smallest absolute Gasteiger partial charge is 0.321 e. The molecule has 0 aliphatic rings. The standard InChI is InChI=1S/C13H19NO4S2/c1-9-4-5-11(8-10(9)2)20(17,18)14-12(13(15)16)6-7-19-3/h4-5,8,12,14H,6-7H2,1-3H3,(H,15,16)/t12-/m0/s1. The molecule has 1 aromatic rings. The number of sulfonamides is 1. The van der Waals surface area contributed by atoms with Gasteiger partial charge in [-0.2, -0.15) is 16.5 Å². The molecule has 0 heterocycles. The summed E-state index contributed by atoms with van der Waals surface area (Å²) in [6, 6.07) is 3.64. The van der Waals surface area contributed by atoms with Crippen LogP contribution in [-0.4, -0.2) is 37.5 Å². The van der Waals surface area contributed by atoms with Crippen LogP contribution in [0.25, 0.3) is 0 Å². The fourth-order valence-corrected chi connectivity index (χ4v) is 3.38. The van der Waals surface area contributed by atoms with Gasteiger partial charge in [0.15, 0.2) is 0 Å². The molecule has 0 unspecified atom stereocenters. The van der Waals surface area contributed by atoms with Crippen LogP contribution in [0.4, 0.5) is 0 Å². The van der Waals surface area contributed by atoms with E-state index in [-0.39, 0.29) is 11.3 Å². The molecule has 0 saturated carbocycles. The van der Waals surface area contributed by atoms with Crippen molar-refractivity contribution in [2.75, 3.05) is 12.0 Å². The third kappa shape index (κ3) is 4.50. The first kappa shape index (κ1) is 17.0. The molecule has 0 spiro atoms. The average Bonchev–Trinajstić information content (AvgIpc) is 2.37. The Morgan fingerprint density at radius 3 is 2.50 bits per heavy atom. The van der Waals surface area contributed by atoms with Crippen molar-refractivity contribution in [2.45, 2.75) is 31.2 Å². The van der Waals surface area contributed by atoms with E-state index in [0.29, 0.717) is 5.75 Å². The van der Waals surface area contributed by atoms with E-state index < -0.39 is 22.0 Å². The summed E-state index contributed by atoms with van der Waals surface area (Å²) in [6.45, 7) is 3.70. The van der Waals surface area contributed by atoms with Gasteiger partial charge in [-0.1, -0.05) is 6.07 Å². The predicted molar refractivity (Wildman–Crippen MR) is 80.7 cm³/mol. The van der Waals surface area contributed by atoms with Gasteiger partial charge in [-0.15, -0.1) is 0 Å². The van der Waals surface area contributed by atoms with Gasteiger partial charge in [0, 0.05) is 0 Å². The van der Waals surface area contributed by atoms with Crippen molar-refractivity contribution in [1.82, 2.24) is 4.72 Å². The topological polar surface area (TPSA) is 83.5 Å². The van der Waals surface area contributed by atoms with E-state index in [4.69, 9.17) is 5.11 Å². The SMILES string of the molecule is CSCC[C@H](NS(=O)(=O)c1ccc(C)c(C)c1)C(=O)O. The van der Waals surface area contributed by atoms with Gasteiger partial charge in [0.2, 0.25) is 10.0 Å². The van der Waals surface area contributed by atoms with E-state index in [1.165, 1.54) is 17.8 Å². The van der Waals surface area contributed by atoms with Crippen molar-refractivity contribution in [3.63, 3.8) is 0 Å². The van der Waals surface area contributed by atoms with Gasteiger partial charge in [0.25, 0.3) is 0 Å². The van der Waals surface area contributed by atoms with E-state index in [0.717, 1.165) is 11.1 Å². The molecule has 0 radical (unpaired) electrons. The maximum Gasteiger partial charge on any atom is 0.321 e. The normalized spacial score (nSPS) is 13.2. The Hall–Kier alpha value is -1.05. The minimum Gasteiger partial charge on any atom is -0.480 e. The summed E-state index contributed by atoms with van der Waals surface area (Å²) in [5.74, 6) is -0.585.